The van der Waals surface area contributed by atoms with Gasteiger partial charge in [0.2, 0.25) is 0 Å². The molecule has 4 aromatic carbocycles. The largest absolute Gasteiger partial charge is 0.342 e. The molecule has 1 amide bonds. The van der Waals surface area contributed by atoms with Crippen molar-refractivity contribution in [1.29, 1.82) is 5.26 Å². The van der Waals surface area contributed by atoms with Gasteiger partial charge in [-0.05, 0) is 67.6 Å². The van der Waals surface area contributed by atoms with E-state index in [1.54, 1.807) is 18.2 Å². The fourth-order valence-corrected chi connectivity index (χ4v) is 7.08. The normalized spacial score (nSPS) is 11.5. The minimum Gasteiger partial charge on any atom is -0.342 e. The van der Waals surface area contributed by atoms with E-state index in [1.807, 2.05) is 48.2 Å². The third-order valence-corrected chi connectivity index (χ3v) is 9.53. The highest BCUT2D eigenvalue weighted by Crippen LogP contribution is 2.39. The molecule has 53 heavy (non-hydrogen) atoms. The Morgan fingerprint density at radius 3 is 2.23 bits per heavy atom. The predicted octanol–water partition coefficient (Wildman–Crippen LogP) is 8.98. The lowest BCUT2D eigenvalue weighted by atomic mass is 10.1. The Hall–Kier alpha value is -4.60. The van der Waals surface area contributed by atoms with Crippen LogP contribution in [0.3, 0.4) is 0 Å². The van der Waals surface area contributed by atoms with Gasteiger partial charge in [-0.2, -0.15) is 18.8 Å². The van der Waals surface area contributed by atoms with Gasteiger partial charge in [0.05, 0.1) is 50.9 Å². The number of para-hydroxylation sites is 1. The molecular weight excluding hydrogens is 797 g/mol. The Labute approximate surface area is 319 Å². The molecule has 0 radical (unpaired) electrons. The highest BCUT2D eigenvalue weighted by atomic mass is 35.5. The molecule has 0 unspecified atom stereocenters. The number of halogens is 2. The lowest BCUT2D eigenvalue weighted by Crippen LogP contribution is -2.17. The highest BCUT2D eigenvalue weighted by molar-refractivity contribution is 7.94. The summed E-state index contributed by atoms with van der Waals surface area (Å²) >= 11 is 14.0. The zero-order chi connectivity index (χ0) is 38.1. The summed E-state index contributed by atoms with van der Waals surface area (Å²) in [5, 5.41) is 49.8. The van der Waals surface area contributed by atoms with Gasteiger partial charge in [0, 0.05) is 33.3 Å². The summed E-state index contributed by atoms with van der Waals surface area (Å²) in [6.07, 6.45) is 1.22. The first-order valence-electron chi connectivity index (χ1n) is 14.6. The fourth-order valence-electron chi connectivity index (χ4n) is 4.78. The van der Waals surface area contributed by atoms with Crippen molar-refractivity contribution in [2.45, 2.75) is 21.6 Å². The second kappa shape index (κ2) is 18.0. The molecule has 5 aromatic rings. The van der Waals surface area contributed by atoms with Crippen LogP contribution in [0.1, 0.15) is 22.8 Å². The van der Waals surface area contributed by atoms with Gasteiger partial charge in [0.25, 0.3) is 16.0 Å². The Morgan fingerprint density at radius 2 is 1.62 bits per heavy atom. The standard InChI is InChI=1S/C31H23Cl2N7O10S3/c1-2-39(20-6-4-3-5-7-20)21-8-9-27(28(12-21)36-31(41)18-10-22(51-49-47-42)13-24(11-18)53(44,45)46)37-38-30-19(16-34)17-35-40(30)29-25(32)14-23(15-26(29)33)52-50-48-43/h3-15,17,42-43H,2H2,1H3,(H,36,41)(H,44,45,46). The molecule has 0 aliphatic rings. The van der Waals surface area contributed by atoms with Gasteiger partial charge in [-0.25, -0.2) is 15.2 Å². The molecule has 0 saturated heterocycles. The van der Waals surface area contributed by atoms with Crippen LogP contribution in [-0.2, 0) is 28.9 Å². The van der Waals surface area contributed by atoms with Crippen LogP contribution in [0.5, 0.6) is 0 Å². The maximum Gasteiger partial charge on any atom is 0.294 e. The number of nitrogens with one attached hydrogen (secondary N) is 1. The lowest BCUT2D eigenvalue weighted by Gasteiger charge is -2.24. The van der Waals surface area contributed by atoms with Crippen molar-refractivity contribution >= 4 is 91.9 Å². The summed E-state index contributed by atoms with van der Waals surface area (Å²) in [6, 6.07) is 22.3. The van der Waals surface area contributed by atoms with Crippen LogP contribution in [0, 0.1) is 11.3 Å². The maximum atomic E-state index is 13.7. The van der Waals surface area contributed by atoms with Gasteiger partial charge in [0.15, 0.2) is 5.82 Å². The maximum absolute atomic E-state index is 13.7. The summed E-state index contributed by atoms with van der Waals surface area (Å²) in [7, 11) is -4.79. The smallest absolute Gasteiger partial charge is 0.294 e. The number of hydrogen-bond donors (Lipinski definition) is 4. The van der Waals surface area contributed by atoms with E-state index in [0.717, 1.165) is 17.8 Å². The van der Waals surface area contributed by atoms with Crippen molar-refractivity contribution in [2.75, 3.05) is 16.8 Å². The molecule has 0 saturated carbocycles. The predicted molar refractivity (Wildman–Crippen MR) is 194 cm³/mol. The number of hydrogen-bond acceptors (Lipinski definition) is 16. The highest BCUT2D eigenvalue weighted by Gasteiger charge is 2.21. The number of rotatable bonds is 15. The second-order valence-electron chi connectivity index (χ2n) is 10.2. The van der Waals surface area contributed by atoms with E-state index in [-0.39, 0.29) is 48.9 Å². The first-order chi connectivity index (χ1) is 25.5. The first kappa shape index (κ1) is 39.6. The Morgan fingerprint density at radius 1 is 0.962 bits per heavy atom. The molecule has 1 heterocycles. The van der Waals surface area contributed by atoms with E-state index in [1.165, 1.54) is 29.1 Å². The quantitative estimate of drug-likeness (QED) is 0.0254. The minimum absolute atomic E-state index is 0.0130. The molecule has 0 aliphatic heterocycles. The Balaban J connectivity index is 1.60. The number of aromatic nitrogens is 2. The number of carbonyl (C=O) groups is 1. The lowest BCUT2D eigenvalue weighted by molar-refractivity contribution is -0.432. The van der Waals surface area contributed by atoms with Gasteiger partial charge in [-0.1, -0.05) is 51.5 Å². The van der Waals surface area contributed by atoms with E-state index in [4.69, 9.17) is 33.7 Å². The van der Waals surface area contributed by atoms with E-state index in [9.17, 15) is 23.0 Å². The van der Waals surface area contributed by atoms with E-state index < -0.39 is 20.9 Å². The number of anilines is 3. The van der Waals surface area contributed by atoms with Crippen LogP contribution in [0.2, 0.25) is 10.0 Å². The second-order valence-corrected chi connectivity index (χ2v) is 14.0. The fraction of sp³-hybridized carbons (Fsp3) is 0.0645. The molecule has 0 fully saturated rings. The van der Waals surface area contributed by atoms with Crippen LogP contribution in [0.15, 0.2) is 110 Å². The third-order valence-electron chi connectivity index (χ3n) is 7.00. The molecule has 0 atom stereocenters. The number of nitrogens with zero attached hydrogens (tertiary/aromatic N) is 6. The molecule has 1 aromatic heterocycles. The molecule has 0 bridgehead atoms. The topological polar surface area (TPSA) is 230 Å². The molecule has 22 heteroatoms. The summed E-state index contributed by atoms with van der Waals surface area (Å²) in [6.45, 7) is 2.45. The number of benzene rings is 4. The van der Waals surface area contributed by atoms with Crippen LogP contribution >= 0.6 is 47.3 Å². The Bertz CT molecular complexity index is 2290. The van der Waals surface area contributed by atoms with Crippen molar-refractivity contribution < 1.29 is 47.0 Å². The summed E-state index contributed by atoms with van der Waals surface area (Å²) in [5.41, 5.74) is 1.53. The monoisotopic (exact) mass is 819 g/mol. The zero-order valence-corrected chi connectivity index (χ0v) is 30.6. The molecule has 274 valence electrons. The number of amides is 1. The van der Waals surface area contributed by atoms with Crippen molar-refractivity contribution in [1.82, 2.24) is 9.78 Å². The van der Waals surface area contributed by atoms with Gasteiger partial charge in [0.1, 0.15) is 23.0 Å². The van der Waals surface area contributed by atoms with Crippen molar-refractivity contribution in [2.24, 2.45) is 10.2 Å². The molecule has 0 spiro atoms. The minimum atomic E-state index is -4.79. The number of nitriles is 1. The van der Waals surface area contributed by atoms with E-state index in [0.29, 0.717) is 41.2 Å². The van der Waals surface area contributed by atoms with E-state index >= 15 is 0 Å². The van der Waals surface area contributed by atoms with Crippen LogP contribution in [-0.4, -0.2) is 45.7 Å². The summed E-state index contributed by atoms with van der Waals surface area (Å²) < 4.78 is 43.7. The molecular formula is C31H23Cl2N7O10S3. The van der Waals surface area contributed by atoms with Gasteiger partial charge < -0.3 is 10.2 Å². The van der Waals surface area contributed by atoms with Crippen LogP contribution in [0.4, 0.5) is 28.6 Å². The average Bonchev–Trinajstić information content (AvgIpc) is 3.54. The molecule has 5 rings (SSSR count). The zero-order valence-electron chi connectivity index (χ0n) is 26.7. The SMILES string of the molecule is CCN(c1ccccc1)c1ccc(N=Nc2c(C#N)cnn2-c2c(Cl)cc(SOOO)cc2Cl)c(NC(=O)c2cc(SOOO)cc(S(=O)(=O)O)c2)c1. The summed E-state index contributed by atoms with van der Waals surface area (Å²) in [4.78, 5) is 15.3. The van der Waals surface area contributed by atoms with Crippen molar-refractivity contribution in [3.63, 3.8) is 0 Å². The molecule has 17 nitrogen and oxygen atoms in total. The van der Waals surface area contributed by atoms with Gasteiger partial charge in [-0.15, -0.1) is 18.9 Å². The van der Waals surface area contributed by atoms with Crippen LogP contribution in [0.25, 0.3) is 5.69 Å². The third kappa shape index (κ3) is 9.69. The molecule has 4 N–H and O–H groups in total. The Kier molecular flexibility index (Phi) is 13.4. The first-order valence-corrected chi connectivity index (χ1v) is 18.2. The molecule has 0 aliphatic carbocycles. The number of carbonyl (C=O) groups excluding carboxylic acids is 1. The van der Waals surface area contributed by atoms with Crippen LogP contribution < -0.4 is 10.2 Å². The van der Waals surface area contributed by atoms with Gasteiger partial charge in [-0.3, -0.25) is 9.35 Å². The summed E-state index contributed by atoms with van der Waals surface area (Å²) in [5.74, 6) is -0.922. The number of azo groups is 1. The van der Waals surface area contributed by atoms with Crippen molar-refractivity contribution in [3.8, 4) is 11.8 Å². The van der Waals surface area contributed by atoms with Gasteiger partial charge >= 0.3 is 0 Å². The van der Waals surface area contributed by atoms with E-state index in [2.05, 4.69) is 39.4 Å². The average molecular weight is 821 g/mol. The van der Waals surface area contributed by atoms with Crippen molar-refractivity contribution in [3.05, 3.63) is 106 Å².